The molecular formula is C10H12ClNS2. The van der Waals surface area contributed by atoms with Crippen LogP contribution in [0.5, 0.6) is 0 Å². The summed E-state index contributed by atoms with van der Waals surface area (Å²) in [5.74, 6) is 0. The standard InChI is InChI=1S/C10H12ClNS2/c1-13-10(14-2)12-7-8-3-5-9(11)6-4-8/h3-6H,7H2,1-2H3. The van der Waals surface area contributed by atoms with Crippen LogP contribution in [0.2, 0.25) is 5.02 Å². The van der Waals surface area contributed by atoms with Crippen LogP contribution in [0.25, 0.3) is 0 Å². The van der Waals surface area contributed by atoms with Gasteiger partial charge in [0.1, 0.15) is 4.38 Å². The van der Waals surface area contributed by atoms with Crippen molar-refractivity contribution in [1.82, 2.24) is 0 Å². The molecular weight excluding hydrogens is 234 g/mol. The first kappa shape index (κ1) is 12.0. The average molecular weight is 246 g/mol. The lowest BCUT2D eigenvalue weighted by molar-refractivity contribution is 1.08. The Labute approximate surface area is 98.3 Å². The highest BCUT2D eigenvalue weighted by Gasteiger charge is 1.94. The minimum atomic E-state index is 0.730. The fourth-order valence-corrected chi connectivity index (χ4v) is 2.14. The van der Waals surface area contributed by atoms with Crippen LogP contribution >= 0.6 is 35.1 Å². The summed E-state index contributed by atoms with van der Waals surface area (Å²) in [5.41, 5.74) is 1.19. The number of halogens is 1. The number of hydrogen-bond donors (Lipinski definition) is 0. The molecule has 0 aliphatic heterocycles. The third-order valence-corrected chi connectivity index (χ3v) is 3.86. The quantitative estimate of drug-likeness (QED) is 0.578. The summed E-state index contributed by atoms with van der Waals surface area (Å²) >= 11 is 9.14. The van der Waals surface area contributed by atoms with E-state index in [1.807, 2.05) is 36.8 Å². The minimum Gasteiger partial charge on any atom is -0.267 e. The smallest absolute Gasteiger partial charge is 0.124 e. The number of thioether (sulfide) groups is 2. The van der Waals surface area contributed by atoms with E-state index in [2.05, 4.69) is 4.99 Å². The van der Waals surface area contributed by atoms with Crippen molar-refractivity contribution in [3.63, 3.8) is 0 Å². The van der Waals surface area contributed by atoms with E-state index >= 15 is 0 Å². The maximum absolute atomic E-state index is 5.78. The normalized spacial score (nSPS) is 9.93. The topological polar surface area (TPSA) is 12.4 Å². The van der Waals surface area contributed by atoms with E-state index in [1.54, 1.807) is 23.5 Å². The zero-order valence-corrected chi connectivity index (χ0v) is 10.5. The Bertz CT molecular complexity index is 302. The molecule has 0 radical (unpaired) electrons. The van der Waals surface area contributed by atoms with Gasteiger partial charge in [-0.05, 0) is 30.2 Å². The van der Waals surface area contributed by atoms with Crippen LogP contribution in [-0.4, -0.2) is 16.9 Å². The van der Waals surface area contributed by atoms with Gasteiger partial charge in [0.15, 0.2) is 0 Å². The molecule has 1 aromatic carbocycles. The van der Waals surface area contributed by atoms with Gasteiger partial charge in [-0.25, -0.2) is 0 Å². The van der Waals surface area contributed by atoms with Crippen LogP contribution in [-0.2, 0) is 6.54 Å². The second kappa shape index (κ2) is 6.38. The summed E-state index contributed by atoms with van der Waals surface area (Å²) in [6.45, 7) is 0.730. The fraction of sp³-hybridized carbons (Fsp3) is 0.300. The van der Waals surface area contributed by atoms with E-state index in [4.69, 9.17) is 11.6 Å². The first-order chi connectivity index (χ1) is 6.76. The van der Waals surface area contributed by atoms with Gasteiger partial charge in [-0.2, -0.15) is 0 Å². The maximum atomic E-state index is 5.78. The monoisotopic (exact) mass is 245 g/mol. The molecule has 1 nitrogen and oxygen atoms in total. The third kappa shape index (κ3) is 3.95. The molecule has 0 bridgehead atoms. The molecule has 0 N–H and O–H groups in total. The van der Waals surface area contributed by atoms with Crippen molar-refractivity contribution in [2.75, 3.05) is 12.5 Å². The lowest BCUT2D eigenvalue weighted by Gasteiger charge is -1.99. The molecule has 1 aromatic rings. The lowest BCUT2D eigenvalue weighted by Crippen LogP contribution is -1.86. The highest BCUT2D eigenvalue weighted by atomic mass is 35.5. The average Bonchev–Trinajstić information content (AvgIpc) is 2.22. The van der Waals surface area contributed by atoms with E-state index in [-0.39, 0.29) is 0 Å². The van der Waals surface area contributed by atoms with Crippen LogP contribution in [0.3, 0.4) is 0 Å². The van der Waals surface area contributed by atoms with E-state index in [0.717, 1.165) is 15.9 Å². The van der Waals surface area contributed by atoms with Crippen LogP contribution in [0.1, 0.15) is 5.56 Å². The van der Waals surface area contributed by atoms with Gasteiger partial charge < -0.3 is 0 Å². The Morgan fingerprint density at radius 1 is 1.21 bits per heavy atom. The predicted octanol–water partition coefficient (Wildman–Crippen LogP) is 3.92. The zero-order valence-electron chi connectivity index (χ0n) is 8.16. The zero-order chi connectivity index (χ0) is 10.4. The molecule has 0 fully saturated rings. The molecule has 0 heterocycles. The second-order valence-corrected chi connectivity index (χ2v) is 4.90. The van der Waals surface area contributed by atoms with Gasteiger partial charge in [-0.1, -0.05) is 23.7 Å². The lowest BCUT2D eigenvalue weighted by atomic mass is 10.2. The number of rotatable bonds is 2. The summed E-state index contributed by atoms with van der Waals surface area (Å²) in [4.78, 5) is 4.46. The van der Waals surface area contributed by atoms with Crippen molar-refractivity contribution in [1.29, 1.82) is 0 Å². The number of hydrogen-bond acceptors (Lipinski definition) is 3. The number of aliphatic imine (C=N–C) groups is 1. The van der Waals surface area contributed by atoms with E-state index in [1.165, 1.54) is 5.56 Å². The van der Waals surface area contributed by atoms with Gasteiger partial charge >= 0.3 is 0 Å². The van der Waals surface area contributed by atoms with E-state index < -0.39 is 0 Å². The Morgan fingerprint density at radius 3 is 2.29 bits per heavy atom. The van der Waals surface area contributed by atoms with Gasteiger partial charge in [-0.15, -0.1) is 23.5 Å². The van der Waals surface area contributed by atoms with Gasteiger partial charge in [0.25, 0.3) is 0 Å². The summed E-state index contributed by atoms with van der Waals surface area (Å²) in [5, 5.41) is 0.771. The van der Waals surface area contributed by atoms with Gasteiger partial charge in [-0.3, -0.25) is 4.99 Å². The van der Waals surface area contributed by atoms with Crippen molar-refractivity contribution >= 4 is 39.5 Å². The Hall–Kier alpha value is -0.120. The van der Waals surface area contributed by atoms with E-state index in [9.17, 15) is 0 Å². The molecule has 0 aliphatic rings. The minimum absolute atomic E-state index is 0.730. The summed E-state index contributed by atoms with van der Waals surface area (Å²) in [6, 6.07) is 7.79. The molecule has 0 aliphatic carbocycles. The molecule has 76 valence electrons. The molecule has 1 rings (SSSR count). The molecule has 0 saturated carbocycles. The largest absolute Gasteiger partial charge is 0.267 e. The van der Waals surface area contributed by atoms with Crippen molar-refractivity contribution in [3.8, 4) is 0 Å². The molecule has 4 heteroatoms. The Kier molecular flexibility index (Phi) is 5.45. The van der Waals surface area contributed by atoms with Crippen molar-refractivity contribution < 1.29 is 0 Å². The van der Waals surface area contributed by atoms with Crippen molar-refractivity contribution in [2.24, 2.45) is 4.99 Å². The fourth-order valence-electron chi connectivity index (χ4n) is 0.958. The van der Waals surface area contributed by atoms with Crippen LogP contribution in [0.15, 0.2) is 29.3 Å². The van der Waals surface area contributed by atoms with Gasteiger partial charge in [0.05, 0.1) is 6.54 Å². The SMILES string of the molecule is CSC(=NCc1ccc(Cl)cc1)SC. The van der Waals surface area contributed by atoms with Crippen LogP contribution in [0, 0.1) is 0 Å². The number of benzene rings is 1. The second-order valence-electron chi connectivity index (χ2n) is 2.62. The highest BCUT2D eigenvalue weighted by molar-refractivity contribution is 8.38. The molecule has 0 saturated heterocycles. The summed E-state index contributed by atoms with van der Waals surface area (Å²) in [6.07, 6.45) is 4.08. The Balaban J connectivity index is 2.60. The Morgan fingerprint density at radius 2 is 1.79 bits per heavy atom. The predicted molar refractivity (Wildman–Crippen MR) is 69.6 cm³/mol. The van der Waals surface area contributed by atoms with Crippen molar-refractivity contribution in [3.05, 3.63) is 34.9 Å². The highest BCUT2D eigenvalue weighted by Crippen LogP contribution is 2.14. The first-order valence-electron chi connectivity index (χ1n) is 4.13. The summed E-state index contributed by atoms with van der Waals surface area (Å²) < 4.78 is 1.11. The number of nitrogens with zero attached hydrogens (tertiary/aromatic N) is 1. The molecule has 0 aromatic heterocycles. The molecule has 14 heavy (non-hydrogen) atoms. The molecule has 0 spiro atoms. The van der Waals surface area contributed by atoms with Gasteiger partial charge in [0.2, 0.25) is 0 Å². The van der Waals surface area contributed by atoms with Crippen LogP contribution < -0.4 is 0 Å². The first-order valence-corrected chi connectivity index (χ1v) is 6.96. The molecule has 0 atom stereocenters. The summed E-state index contributed by atoms with van der Waals surface area (Å²) in [7, 11) is 0. The molecule has 0 unspecified atom stereocenters. The third-order valence-electron chi connectivity index (χ3n) is 1.65. The van der Waals surface area contributed by atoms with Crippen molar-refractivity contribution in [2.45, 2.75) is 6.54 Å². The molecule has 0 amide bonds. The maximum Gasteiger partial charge on any atom is 0.124 e. The van der Waals surface area contributed by atoms with E-state index in [0.29, 0.717) is 0 Å². The van der Waals surface area contributed by atoms with Crippen LogP contribution in [0.4, 0.5) is 0 Å². The van der Waals surface area contributed by atoms with Gasteiger partial charge in [0, 0.05) is 5.02 Å².